The molecule has 0 atom stereocenters. The minimum atomic E-state index is -0.290. The molecule has 0 radical (unpaired) electrons. The van der Waals surface area contributed by atoms with E-state index in [-0.39, 0.29) is 5.82 Å². The molecule has 0 bridgehead atoms. The SMILES string of the molecule is COc1cc(Cl)cc2cccc(-c3cccc(Br)c3F)c12. The van der Waals surface area contributed by atoms with Crippen molar-refractivity contribution in [3.05, 3.63) is 63.8 Å². The van der Waals surface area contributed by atoms with Crippen molar-refractivity contribution in [3.8, 4) is 16.9 Å². The van der Waals surface area contributed by atoms with E-state index in [9.17, 15) is 4.39 Å². The van der Waals surface area contributed by atoms with Gasteiger partial charge < -0.3 is 4.74 Å². The molecule has 0 N–H and O–H groups in total. The van der Waals surface area contributed by atoms with Crippen LogP contribution in [0, 0.1) is 5.82 Å². The summed E-state index contributed by atoms with van der Waals surface area (Å²) in [6, 6.07) is 14.5. The second-order valence-corrected chi connectivity index (χ2v) is 5.90. The van der Waals surface area contributed by atoms with Crippen LogP contribution in [0.25, 0.3) is 21.9 Å². The van der Waals surface area contributed by atoms with E-state index in [1.165, 1.54) is 0 Å². The Labute approximate surface area is 135 Å². The maximum atomic E-state index is 14.4. The standard InChI is InChI=1S/C17H11BrClFO/c1-21-15-9-11(19)8-10-4-2-5-12(16(10)15)13-6-3-7-14(18)17(13)20/h2-9H,1H3. The van der Waals surface area contributed by atoms with Crippen molar-refractivity contribution in [2.24, 2.45) is 0 Å². The zero-order valence-electron chi connectivity index (χ0n) is 11.2. The van der Waals surface area contributed by atoms with Crippen LogP contribution in [0.4, 0.5) is 4.39 Å². The van der Waals surface area contributed by atoms with Gasteiger partial charge in [-0.2, -0.15) is 0 Å². The number of fused-ring (bicyclic) bond motifs is 1. The Morgan fingerprint density at radius 1 is 1.05 bits per heavy atom. The topological polar surface area (TPSA) is 9.23 Å². The van der Waals surface area contributed by atoms with Crippen molar-refractivity contribution in [1.82, 2.24) is 0 Å². The van der Waals surface area contributed by atoms with Crippen LogP contribution in [0.1, 0.15) is 0 Å². The minimum Gasteiger partial charge on any atom is -0.496 e. The third-order valence-corrected chi connectivity index (χ3v) is 4.20. The molecular formula is C17H11BrClFO. The quantitative estimate of drug-likeness (QED) is 0.535. The molecule has 0 heterocycles. The highest BCUT2D eigenvalue weighted by atomic mass is 79.9. The zero-order valence-corrected chi connectivity index (χ0v) is 13.5. The highest BCUT2D eigenvalue weighted by Crippen LogP contribution is 2.39. The molecule has 0 aliphatic heterocycles. The normalized spacial score (nSPS) is 10.9. The maximum absolute atomic E-state index is 14.4. The molecular weight excluding hydrogens is 355 g/mol. The Balaban J connectivity index is 2.40. The lowest BCUT2D eigenvalue weighted by Crippen LogP contribution is -1.91. The average molecular weight is 366 g/mol. The molecule has 0 aliphatic rings. The first kappa shape index (κ1) is 14.4. The highest BCUT2D eigenvalue weighted by Gasteiger charge is 2.14. The Morgan fingerprint density at radius 2 is 1.76 bits per heavy atom. The molecule has 0 aliphatic carbocycles. The van der Waals surface area contributed by atoms with E-state index in [2.05, 4.69) is 15.9 Å². The van der Waals surface area contributed by atoms with Crippen molar-refractivity contribution >= 4 is 38.3 Å². The lowest BCUT2D eigenvalue weighted by atomic mass is 9.97. The van der Waals surface area contributed by atoms with E-state index >= 15 is 0 Å². The number of benzene rings is 3. The van der Waals surface area contributed by atoms with Gasteiger partial charge in [0.15, 0.2) is 0 Å². The molecule has 0 unspecified atom stereocenters. The first-order valence-corrected chi connectivity index (χ1v) is 7.49. The van der Waals surface area contributed by atoms with Crippen molar-refractivity contribution in [1.29, 1.82) is 0 Å². The van der Waals surface area contributed by atoms with Crippen LogP contribution < -0.4 is 4.74 Å². The fourth-order valence-corrected chi connectivity index (χ4v) is 3.03. The molecule has 1 nitrogen and oxygen atoms in total. The van der Waals surface area contributed by atoms with Crippen molar-refractivity contribution in [2.45, 2.75) is 0 Å². The summed E-state index contributed by atoms with van der Waals surface area (Å²) in [6.45, 7) is 0. The van der Waals surface area contributed by atoms with Crippen LogP contribution in [-0.4, -0.2) is 7.11 Å². The van der Waals surface area contributed by atoms with Gasteiger partial charge in [-0.05, 0) is 45.1 Å². The van der Waals surface area contributed by atoms with Gasteiger partial charge in [0, 0.05) is 16.0 Å². The summed E-state index contributed by atoms with van der Waals surface area (Å²) in [4.78, 5) is 0. The molecule has 0 saturated heterocycles. The summed E-state index contributed by atoms with van der Waals surface area (Å²) in [7, 11) is 1.58. The van der Waals surface area contributed by atoms with Crippen LogP contribution in [0.15, 0.2) is 53.0 Å². The monoisotopic (exact) mass is 364 g/mol. The van der Waals surface area contributed by atoms with E-state index in [0.29, 0.717) is 20.8 Å². The molecule has 106 valence electrons. The zero-order chi connectivity index (χ0) is 15.0. The number of halogens is 3. The summed E-state index contributed by atoms with van der Waals surface area (Å²) >= 11 is 9.32. The minimum absolute atomic E-state index is 0.290. The second kappa shape index (κ2) is 5.66. The number of methoxy groups -OCH3 is 1. The van der Waals surface area contributed by atoms with Gasteiger partial charge >= 0.3 is 0 Å². The first-order valence-electron chi connectivity index (χ1n) is 6.32. The van der Waals surface area contributed by atoms with Gasteiger partial charge in [-0.1, -0.05) is 41.9 Å². The molecule has 4 heteroatoms. The van der Waals surface area contributed by atoms with Crippen LogP contribution >= 0.6 is 27.5 Å². The van der Waals surface area contributed by atoms with E-state index < -0.39 is 0 Å². The predicted molar refractivity (Wildman–Crippen MR) is 88.6 cm³/mol. The molecule has 3 aromatic carbocycles. The van der Waals surface area contributed by atoms with Crippen LogP contribution in [0.5, 0.6) is 5.75 Å². The smallest absolute Gasteiger partial charge is 0.145 e. The summed E-state index contributed by atoms with van der Waals surface area (Å²) in [5.74, 6) is 0.342. The van der Waals surface area contributed by atoms with Gasteiger partial charge in [0.1, 0.15) is 11.6 Å². The van der Waals surface area contributed by atoms with Gasteiger partial charge in [0.05, 0.1) is 11.6 Å². The lowest BCUT2D eigenvalue weighted by molar-refractivity contribution is 0.420. The van der Waals surface area contributed by atoms with Gasteiger partial charge in [-0.25, -0.2) is 4.39 Å². The summed E-state index contributed by atoms with van der Waals surface area (Å²) in [6.07, 6.45) is 0. The van der Waals surface area contributed by atoms with E-state index in [1.54, 1.807) is 25.3 Å². The summed E-state index contributed by atoms with van der Waals surface area (Å²) in [5.41, 5.74) is 1.30. The maximum Gasteiger partial charge on any atom is 0.145 e. The Bertz CT molecular complexity index is 832. The van der Waals surface area contributed by atoms with Gasteiger partial charge in [-0.15, -0.1) is 0 Å². The largest absolute Gasteiger partial charge is 0.496 e. The molecule has 0 saturated carbocycles. The number of hydrogen-bond donors (Lipinski definition) is 0. The Morgan fingerprint density at radius 3 is 2.52 bits per heavy atom. The van der Waals surface area contributed by atoms with Crippen LogP contribution in [-0.2, 0) is 0 Å². The predicted octanol–water partition coefficient (Wildman–Crippen LogP) is 6.07. The Hall–Kier alpha value is -1.58. The fraction of sp³-hybridized carbons (Fsp3) is 0.0588. The molecule has 21 heavy (non-hydrogen) atoms. The number of rotatable bonds is 2. The fourth-order valence-electron chi connectivity index (χ4n) is 2.45. The molecule has 0 spiro atoms. The molecule has 0 amide bonds. The molecule has 3 rings (SSSR count). The Kier molecular flexibility index (Phi) is 3.87. The second-order valence-electron chi connectivity index (χ2n) is 4.61. The van der Waals surface area contributed by atoms with Gasteiger partial charge in [0.2, 0.25) is 0 Å². The van der Waals surface area contributed by atoms with Crippen LogP contribution in [0.3, 0.4) is 0 Å². The van der Waals surface area contributed by atoms with Crippen molar-refractivity contribution in [3.63, 3.8) is 0 Å². The van der Waals surface area contributed by atoms with Crippen molar-refractivity contribution in [2.75, 3.05) is 7.11 Å². The third-order valence-electron chi connectivity index (χ3n) is 3.37. The first-order chi connectivity index (χ1) is 10.1. The lowest BCUT2D eigenvalue weighted by Gasteiger charge is -2.13. The highest BCUT2D eigenvalue weighted by molar-refractivity contribution is 9.10. The number of hydrogen-bond acceptors (Lipinski definition) is 1. The van der Waals surface area contributed by atoms with Crippen molar-refractivity contribution < 1.29 is 9.13 Å². The summed E-state index contributed by atoms with van der Waals surface area (Å²) < 4.78 is 20.3. The van der Waals surface area contributed by atoms with Gasteiger partial charge in [-0.3, -0.25) is 0 Å². The third kappa shape index (κ3) is 2.52. The molecule has 0 fully saturated rings. The van der Waals surface area contributed by atoms with E-state index in [4.69, 9.17) is 16.3 Å². The van der Waals surface area contributed by atoms with Gasteiger partial charge in [0.25, 0.3) is 0 Å². The van der Waals surface area contributed by atoms with E-state index in [0.717, 1.165) is 16.3 Å². The molecule has 3 aromatic rings. The van der Waals surface area contributed by atoms with E-state index in [1.807, 2.05) is 30.3 Å². The number of ether oxygens (including phenoxy) is 1. The summed E-state index contributed by atoms with van der Waals surface area (Å²) in [5, 5.41) is 2.35. The van der Waals surface area contributed by atoms with Crippen LogP contribution in [0.2, 0.25) is 5.02 Å². The average Bonchev–Trinajstić information content (AvgIpc) is 2.48. The molecule has 0 aromatic heterocycles.